The van der Waals surface area contributed by atoms with Crippen LogP contribution in [0.4, 0.5) is 0 Å². The number of aliphatic carboxylic acids is 1. The average Bonchev–Trinajstić information content (AvgIpc) is 3.00. The van der Waals surface area contributed by atoms with Gasteiger partial charge in [0.2, 0.25) is 0 Å². The predicted molar refractivity (Wildman–Crippen MR) is 97.3 cm³/mol. The summed E-state index contributed by atoms with van der Waals surface area (Å²) in [6, 6.07) is 0. The Labute approximate surface area is 176 Å². The van der Waals surface area contributed by atoms with Crippen LogP contribution in [0.5, 0.6) is 0 Å². The number of carbonyl (C=O) groups is 1. The number of rotatable bonds is 16. The second-order valence-corrected chi connectivity index (χ2v) is 6.37. The molecule has 0 aromatic carbocycles. The van der Waals surface area contributed by atoms with Gasteiger partial charge in [-0.2, -0.15) is 0 Å². The quantitative estimate of drug-likeness (QED) is 0.358. The molecule has 0 saturated heterocycles. The van der Waals surface area contributed by atoms with Gasteiger partial charge in [-0.05, 0) is 6.42 Å². The van der Waals surface area contributed by atoms with Gasteiger partial charge in [-0.3, -0.25) is 4.79 Å². The van der Waals surface area contributed by atoms with Crippen molar-refractivity contribution in [2.45, 2.75) is 84.1 Å². The number of hydrogen-bond donors (Lipinski definition) is 1. The fourth-order valence-corrected chi connectivity index (χ4v) is 2.79. The van der Waals surface area contributed by atoms with Crippen molar-refractivity contribution >= 4 is 5.97 Å². The maximum atomic E-state index is 10.4. The number of nitrogens with zero attached hydrogens (tertiary/aromatic N) is 2. The monoisotopic (exact) mass is 362 g/mol. The molecule has 0 fully saturated rings. The Kier molecular flexibility index (Phi) is 16.8. The first-order valence-corrected chi connectivity index (χ1v) is 9.53. The van der Waals surface area contributed by atoms with Crippen molar-refractivity contribution in [1.29, 1.82) is 0 Å². The van der Waals surface area contributed by atoms with Gasteiger partial charge in [0, 0.05) is 25.4 Å². The number of imidazole rings is 1. The first-order chi connectivity index (χ1) is 11.7. The number of aryl methyl sites for hydroxylation is 1. The SMILES string of the molecule is CCCCCCCCCCCc1nccn1CCOCCC(=O)O.[H-].[Na+]. The zero-order valence-corrected chi connectivity index (χ0v) is 18.2. The topological polar surface area (TPSA) is 64.4 Å². The molecule has 1 rings (SSSR count). The Hall–Kier alpha value is -0.360. The average molecular weight is 362 g/mol. The van der Waals surface area contributed by atoms with E-state index in [-0.39, 0.29) is 44.0 Å². The summed E-state index contributed by atoms with van der Waals surface area (Å²) >= 11 is 0. The van der Waals surface area contributed by atoms with Gasteiger partial charge in [-0.25, -0.2) is 4.98 Å². The first-order valence-electron chi connectivity index (χ1n) is 9.53. The van der Waals surface area contributed by atoms with Crippen LogP contribution in [-0.4, -0.2) is 33.8 Å². The number of hydrogen-bond acceptors (Lipinski definition) is 3. The zero-order valence-electron chi connectivity index (χ0n) is 17.2. The van der Waals surface area contributed by atoms with Gasteiger partial charge >= 0.3 is 35.5 Å². The molecular weight excluding hydrogens is 327 g/mol. The van der Waals surface area contributed by atoms with Crippen LogP contribution in [0.1, 0.15) is 78.4 Å². The number of carboxylic acid groups (broad SMARTS) is 1. The van der Waals surface area contributed by atoms with Crippen molar-refractivity contribution in [3.05, 3.63) is 18.2 Å². The second kappa shape index (κ2) is 17.1. The van der Waals surface area contributed by atoms with Crippen LogP contribution in [0.3, 0.4) is 0 Å². The molecular formula is C19H35N2NaO3. The number of aromatic nitrogens is 2. The van der Waals surface area contributed by atoms with Crippen LogP contribution >= 0.6 is 0 Å². The molecule has 1 aromatic heterocycles. The smallest absolute Gasteiger partial charge is 1.00 e. The third-order valence-corrected chi connectivity index (χ3v) is 4.24. The Morgan fingerprint density at radius 3 is 2.40 bits per heavy atom. The van der Waals surface area contributed by atoms with E-state index in [1.54, 1.807) is 0 Å². The molecule has 140 valence electrons. The summed E-state index contributed by atoms with van der Waals surface area (Å²) < 4.78 is 7.46. The Morgan fingerprint density at radius 1 is 1.12 bits per heavy atom. The van der Waals surface area contributed by atoms with Gasteiger partial charge in [0.1, 0.15) is 5.82 Å². The van der Waals surface area contributed by atoms with Crippen molar-refractivity contribution in [2.24, 2.45) is 0 Å². The van der Waals surface area contributed by atoms with Gasteiger partial charge < -0.3 is 15.8 Å². The molecule has 1 N–H and O–H groups in total. The molecule has 0 radical (unpaired) electrons. The summed E-state index contributed by atoms with van der Waals surface area (Å²) in [5.41, 5.74) is 0. The van der Waals surface area contributed by atoms with Crippen molar-refractivity contribution < 1.29 is 45.6 Å². The molecule has 1 heterocycles. The van der Waals surface area contributed by atoms with Crippen molar-refractivity contribution in [2.75, 3.05) is 13.2 Å². The molecule has 0 spiro atoms. The zero-order chi connectivity index (χ0) is 17.5. The summed E-state index contributed by atoms with van der Waals surface area (Å²) in [6.07, 6.45) is 16.9. The van der Waals surface area contributed by atoms with E-state index in [1.807, 2.05) is 12.4 Å². The molecule has 0 aliphatic carbocycles. The van der Waals surface area contributed by atoms with E-state index >= 15 is 0 Å². The van der Waals surface area contributed by atoms with Crippen molar-refractivity contribution in [3.8, 4) is 0 Å². The van der Waals surface area contributed by atoms with E-state index < -0.39 is 5.97 Å². The maximum absolute atomic E-state index is 10.4. The molecule has 0 amide bonds. The van der Waals surface area contributed by atoms with Crippen LogP contribution < -0.4 is 29.6 Å². The summed E-state index contributed by atoms with van der Waals surface area (Å²) in [5, 5.41) is 8.56. The molecule has 5 nitrogen and oxygen atoms in total. The van der Waals surface area contributed by atoms with Crippen LogP contribution in [-0.2, 0) is 22.5 Å². The molecule has 6 heteroatoms. The molecule has 1 aromatic rings. The molecule has 0 unspecified atom stereocenters. The Morgan fingerprint density at radius 2 is 1.76 bits per heavy atom. The van der Waals surface area contributed by atoms with Crippen LogP contribution in [0.15, 0.2) is 12.4 Å². The van der Waals surface area contributed by atoms with Gasteiger partial charge in [-0.1, -0.05) is 58.3 Å². The minimum Gasteiger partial charge on any atom is -1.00 e. The predicted octanol–water partition coefficient (Wildman–Crippen LogP) is 1.56. The van der Waals surface area contributed by atoms with Crippen molar-refractivity contribution in [1.82, 2.24) is 9.55 Å². The number of unbranched alkanes of at least 4 members (excludes halogenated alkanes) is 8. The van der Waals surface area contributed by atoms with Crippen molar-refractivity contribution in [3.63, 3.8) is 0 Å². The summed E-state index contributed by atoms with van der Waals surface area (Å²) in [7, 11) is 0. The molecule has 25 heavy (non-hydrogen) atoms. The third kappa shape index (κ3) is 13.5. The van der Waals surface area contributed by atoms with Gasteiger partial charge in [0.15, 0.2) is 0 Å². The van der Waals surface area contributed by atoms with Gasteiger partial charge in [0.05, 0.1) is 19.6 Å². The third-order valence-electron chi connectivity index (χ3n) is 4.24. The van der Waals surface area contributed by atoms with Gasteiger partial charge in [-0.15, -0.1) is 0 Å². The van der Waals surface area contributed by atoms with E-state index in [2.05, 4.69) is 16.5 Å². The minimum atomic E-state index is -0.816. The molecule has 0 saturated carbocycles. The van der Waals surface area contributed by atoms with E-state index in [1.165, 1.54) is 57.8 Å². The molecule has 0 aliphatic heterocycles. The normalized spacial score (nSPS) is 10.6. The molecule has 0 atom stereocenters. The molecule has 0 bridgehead atoms. The van der Waals surface area contributed by atoms with E-state index in [9.17, 15) is 4.79 Å². The van der Waals surface area contributed by atoms with Gasteiger partial charge in [0.25, 0.3) is 0 Å². The maximum Gasteiger partial charge on any atom is 1.00 e. The summed E-state index contributed by atoms with van der Waals surface area (Å²) in [6.45, 7) is 3.81. The number of carboxylic acids is 1. The van der Waals surface area contributed by atoms with E-state index in [0.29, 0.717) is 6.61 Å². The fourth-order valence-electron chi connectivity index (χ4n) is 2.79. The van der Waals surface area contributed by atoms with Crippen LogP contribution in [0.25, 0.3) is 0 Å². The largest absolute Gasteiger partial charge is 1.00 e. The minimum absolute atomic E-state index is 0. The number of ether oxygens (including phenoxy) is 1. The Balaban J connectivity index is 0. The fraction of sp³-hybridized carbons (Fsp3) is 0.789. The summed E-state index contributed by atoms with van der Waals surface area (Å²) in [4.78, 5) is 14.8. The van der Waals surface area contributed by atoms with E-state index in [0.717, 1.165) is 18.8 Å². The second-order valence-electron chi connectivity index (χ2n) is 6.37. The first kappa shape index (κ1) is 24.6. The molecule has 0 aliphatic rings. The Bertz CT molecular complexity index is 444. The standard InChI is InChI=1S/C19H34N2O3.Na.H/c1-2-3-4-5-6-7-8-9-10-11-18-20-13-14-21(18)15-17-24-16-12-19(22)23;;/h13-14H,2-12,15-17H2,1H3,(H,22,23);;/q;+1;-1. The van der Waals surface area contributed by atoms with E-state index in [4.69, 9.17) is 9.84 Å². The summed E-state index contributed by atoms with van der Waals surface area (Å²) in [5.74, 6) is 0.295. The van der Waals surface area contributed by atoms with Crippen LogP contribution in [0, 0.1) is 0 Å². The van der Waals surface area contributed by atoms with Crippen LogP contribution in [0.2, 0.25) is 0 Å².